The number of hydrogen-bond donors (Lipinski definition) is 0. The fourth-order valence-corrected chi connectivity index (χ4v) is 6.18. The van der Waals surface area contributed by atoms with E-state index < -0.39 is 8.07 Å². The Morgan fingerprint density at radius 3 is 1.65 bits per heavy atom. The Morgan fingerprint density at radius 2 is 1.18 bits per heavy atom. The van der Waals surface area contributed by atoms with Gasteiger partial charge in [-0.15, -0.1) is 0 Å². The van der Waals surface area contributed by atoms with Crippen LogP contribution in [0, 0.1) is 0 Å². The van der Waals surface area contributed by atoms with Gasteiger partial charge in [0.15, 0.2) is 0 Å². The van der Waals surface area contributed by atoms with Gasteiger partial charge in [-0.2, -0.15) is 0 Å². The molecule has 0 N–H and O–H groups in total. The minimum atomic E-state index is -1.43. The maximum Gasteiger partial charge on any atom is 0.112 e. The van der Waals surface area contributed by atoms with Gasteiger partial charge in [0.2, 0.25) is 0 Å². The first-order valence-corrected chi connectivity index (χ1v) is 8.86. The first-order valence-electron chi connectivity index (χ1n) is 5.86. The van der Waals surface area contributed by atoms with Gasteiger partial charge in [0.25, 0.3) is 0 Å². The molecule has 0 aromatic heterocycles. The quantitative estimate of drug-likeness (QED) is 0.621. The second-order valence-corrected chi connectivity index (χ2v) is 9.44. The molecule has 0 fully saturated rings. The van der Waals surface area contributed by atoms with Crippen molar-refractivity contribution in [2.24, 2.45) is 0 Å². The molecule has 0 spiro atoms. The lowest BCUT2D eigenvalue weighted by Gasteiger charge is -2.33. The lowest BCUT2D eigenvalue weighted by atomic mass is 10.0. The molecule has 1 heteroatoms. The molecule has 1 aliphatic heterocycles. The Kier molecular flexibility index (Phi) is 2.96. The van der Waals surface area contributed by atoms with E-state index in [-0.39, 0.29) is 7.43 Å². The lowest BCUT2D eigenvalue weighted by molar-refractivity contribution is 1.20. The van der Waals surface area contributed by atoms with Crippen LogP contribution in [0.25, 0.3) is 0 Å². The predicted molar refractivity (Wildman–Crippen MR) is 79.2 cm³/mol. The normalized spacial score (nSPS) is 15.4. The van der Waals surface area contributed by atoms with E-state index >= 15 is 0 Å². The summed E-state index contributed by atoms with van der Waals surface area (Å²) in [5, 5.41) is 3.24. The molecular formula is C16H20Si. The van der Waals surface area contributed by atoms with Crippen molar-refractivity contribution in [3.8, 4) is 0 Å². The molecule has 2 aromatic rings. The monoisotopic (exact) mass is 240 g/mol. The van der Waals surface area contributed by atoms with Crippen molar-refractivity contribution in [1.29, 1.82) is 0 Å². The summed E-state index contributed by atoms with van der Waals surface area (Å²) in [6.45, 7) is 4.92. The van der Waals surface area contributed by atoms with Crippen LogP contribution in [0.1, 0.15) is 18.6 Å². The maximum absolute atomic E-state index is 2.46. The second kappa shape index (κ2) is 4.15. The smallest absolute Gasteiger partial charge is 0.0776 e. The van der Waals surface area contributed by atoms with Crippen molar-refractivity contribution >= 4 is 18.4 Å². The molecule has 0 amide bonds. The summed E-state index contributed by atoms with van der Waals surface area (Å²) >= 11 is 0. The van der Waals surface area contributed by atoms with E-state index in [0.29, 0.717) is 0 Å². The summed E-state index contributed by atoms with van der Waals surface area (Å²) in [7, 11) is -1.43. The van der Waals surface area contributed by atoms with Gasteiger partial charge < -0.3 is 0 Å². The third-order valence-corrected chi connectivity index (χ3v) is 7.43. The van der Waals surface area contributed by atoms with Crippen molar-refractivity contribution in [3.63, 3.8) is 0 Å². The van der Waals surface area contributed by atoms with Gasteiger partial charge >= 0.3 is 0 Å². The van der Waals surface area contributed by atoms with E-state index in [1.165, 1.54) is 11.1 Å². The van der Waals surface area contributed by atoms with Gasteiger partial charge in [-0.25, -0.2) is 0 Å². The Hall–Kier alpha value is -1.34. The molecule has 0 saturated carbocycles. The number of rotatable bonds is 0. The van der Waals surface area contributed by atoms with Crippen LogP contribution in [0.2, 0.25) is 13.1 Å². The minimum absolute atomic E-state index is 0. The average molecular weight is 240 g/mol. The van der Waals surface area contributed by atoms with E-state index in [9.17, 15) is 0 Å². The van der Waals surface area contributed by atoms with Crippen LogP contribution < -0.4 is 10.4 Å². The molecule has 0 radical (unpaired) electrons. The first kappa shape index (κ1) is 12.1. The molecule has 17 heavy (non-hydrogen) atoms. The highest BCUT2D eigenvalue weighted by molar-refractivity contribution is 7.01. The van der Waals surface area contributed by atoms with Crippen molar-refractivity contribution in [2.75, 3.05) is 0 Å². The van der Waals surface area contributed by atoms with Crippen molar-refractivity contribution in [1.82, 2.24) is 0 Å². The number of fused-ring (bicyclic) bond motifs is 2. The van der Waals surface area contributed by atoms with Crippen LogP contribution in [0.5, 0.6) is 0 Å². The van der Waals surface area contributed by atoms with Gasteiger partial charge in [0.05, 0.1) is 0 Å². The number of hydrogen-bond acceptors (Lipinski definition) is 0. The van der Waals surface area contributed by atoms with Crippen molar-refractivity contribution in [3.05, 3.63) is 59.7 Å². The zero-order valence-corrected chi connectivity index (χ0v) is 10.8. The van der Waals surface area contributed by atoms with Crippen molar-refractivity contribution < 1.29 is 0 Å². The lowest BCUT2D eigenvalue weighted by Crippen LogP contribution is -2.58. The van der Waals surface area contributed by atoms with Crippen molar-refractivity contribution in [2.45, 2.75) is 26.9 Å². The van der Waals surface area contributed by atoms with Crippen LogP contribution >= 0.6 is 0 Å². The molecule has 3 rings (SSSR count). The van der Waals surface area contributed by atoms with E-state index in [1.807, 2.05) is 0 Å². The highest BCUT2D eigenvalue weighted by Gasteiger charge is 2.33. The molecule has 0 bridgehead atoms. The molecule has 0 nitrogen and oxygen atoms in total. The topological polar surface area (TPSA) is 0 Å². The third kappa shape index (κ3) is 1.75. The molecule has 1 aliphatic rings. The van der Waals surface area contributed by atoms with Crippen LogP contribution in [0.4, 0.5) is 0 Å². The molecule has 0 saturated heterocycles. The molecule has 2 aromatic carbocycles. The minimum Gasteiger partial charge on any atom is -0.0776 e. The van der Waals surface area contributed by atoms with Gasteiger partial charge in [-0.05, 0) is 17.5 Å². The Morgan fingerprint density at radius 1 is 0.765 bits per heavy atom. The van der Waals surface area contributed by atoms with E-state index in [4.69, 9.17) is 0 Å². The summed E-state index contributed by atoms with van der Waals surface area (Å²) in [4.78, 5) is 0. The van der Waals surface area contributed by atoms with Gasteiger partial charge in [0, 0.05) is 0 Å². The highest BCUT2D eigenvalue weighted by Crippen LogP contribution is 2.19. The van der Waals surface area contributed by atoms with Crippen LogP contribution in [-0.4, -0.2) is 8.07 Å². The standard InChI is InChI=1S/C15H16Si.CH4/c1-16(2)14-9-5-3-7-12(14)11-13-8-4-6-10-15(13)16;/h3-10H,11H2,1-2H3;1H4. The zero-order valence-electron chi connectivity index (χ0n) is 9.83. The van der Waals surface area contributed by atoms with Crippen LogP contribution in [0.3, 0.4) is 0 Å². The fraction of sp³-hybridized carbons (Fsp3) is 0.250. The molecule has 0 unspecified atom stereocenters. The predicted octanol–water partition coefficient (Wildman–Crippen LogP) is 3.05. The van der Waals surface area contributed by atoms with E-state index in [2.05, 4.69) is 61.6 Å². The zero-order chi connectivity index (χ0) is 11.2. The van der Waals surface area contributed by atoms with Crippen LogP contribution in [0.15, 0.2) is 48.5 Å². The van der Waals surface area contributed by atoms with Gasteiger partial charge in [-0.1, -0.05) is 79.4 Å². The summed E-state index contributed by atoms with van der Waals surface area (Å²) < 4.78 is 0. The fourth-order valence-electron chi connectivity index (χ4n) is 2.92. The molecule has 0 aliphatic carbocycles. The Bertz CT molecular complexity index is 493. The summed E-state index contributed by atoms with van der Waals surface area (Å²) in [5.74, 6) is 0. The first-order chi connectivity index (χ1) is 7.69. The van der Waals surface area contributed by atoms with E-state index in [1.54, 1.807) is 10.4 Å². The SMILES string of the molecule is C.C[Si]1(C)c2ccccc2Cc2ccccc21. The maximum atomic E-state index is 2.46. The summed E-state index contributed by atoms with van der Waals surface area (Å²) in [5.41, 5.74) is 3.08. The largest absolute Gasteiger partial charge is 0.112 e. The van der Waals surface area contributed by atoms with Gasteiger partial charge in [-0.3, -0.25) is 0 Å². The second-order valence-electron chi connectivity index (χ2n) is 5.12. The molecule has 88 valence electrons. The van der Waals surface area contributed by atoms with Gasteiger partial charge in [0.1, 0.15) is 8.07 Å². The number of benzene rings is 2. The van der Waals surface area contributed by atoms with E-state index in [0.717, 1.165) is 6.42 Å². The average Bonchev–Trinajstić information content (AvgIpc) is 2.29. The third-order valence-electron chi connectivity index (χ3n) is 3.76. The highest BCUT2D eigenvalue weighted by atomic mass is 28.3. The Labute approximate surface area is 105 Å². The Balaban J connectivity index is 0.00000108. The molecule has 1 heterocycles. The molecular weight excluding hydrogens is 220 g/mol. The molecule has 0 atom stereocenters. The van der Waals surface area contributed by atoms with Crippen LogP contribution in [-0.2, 0) is 6.42 Å². The summed E-state index contributed by atoms with van der Waals surface area (Å²) in [6, 6.07) is 17.9. The summed E-state index contributed by atoms with van der Waals surface area (Å²) in [6.07, 6.45) is 1.11.